The monoisotopic (exact) mass is 465 g/mol. The van der Waals surface area contributed by atoms with Gasteiger partial charge in [0.1, 0.15) is 17.4 Å². The number of ether oxygens (including phenoxy) is 1. The van der Waals surface area contributed by atoms with Crippen molar-refractivity contribution in [2.75, 3.05) is 0 Å². The number of carboxylic acid groups (broad SMARTS) is 1. The lowest BCUT2D eigenvalue weighted by molar-refractivity contribution is -0.143. The highest BCUT2D eigenvalue weighted by Gasteiger charge is 2.25. The van der Waals surface area contributed by atoms with Gasteiger partial charge < -0.3 is 19.6 Å². The third-order valence-electron chi connectivity index (χ3n) is 5.87. The number of rotatable bonds is 9. The molecular formula is C27H31NO6. The minimum Gasteiger partial charge on any atom is -0.480 e. The second kappa shape index (κ2) is 10.5. The molecule has 7 nitrogen and oxygen atoms in total. The molecule has 0 saturated heterocycles. The van der Waals surface area contributed by atoms with Gasteiger partial charge in [-0.15, -0.1) is 0 Å². The first-order valence-electron chi connectivity index (χ1n) is 11.4. The summed E-state index contributed by atoms with van der Waals surface area (Å²) in [6.07, 6.45) is -0.144. The van der Waals surface area contributed by atoms with Crippen molar-refractivity contribution in [3.63, 3.8) is 0 Å². The number of fused-ring (bicyclic) bond motifs is 1. The molecule has 0 spiro atoms. The SMILES string of the molecule is Cc1c(Cc2ccccc2)c(=O)oc2c(C)c(O[C@H](C)C(=O)N[C@H](CC(C)C)C(=O)O)ccc12. The number of benzene rings is 2. The van der Waals surface area contributed by atoms with Gasteiger partial charge in [0.2, 0.25) is 0 Å². The zero-order valence-electron chi connectivity index (χ0n) is 20.2. The van der Waals surface area contributed by atoms with Crippen LogP contribution >= 0.6 is 0 Å². The molecule has 180 valence electrons. The van der Waals surface area contributed by atoms with Gasteiger partial charge in [-0.25, -0.2) is 9.59 Å². The molecule has 3 aromatic rings. The van der Waals surface area contributed by atoms with Crippen molar-refractivity contribution in [1.82, 2.24) is 5.32 Å². The lowest BCUT2D eigenvalue weighted by Gasteiger charge is -2.21. The fraction of sp³-hybridized carbons (Fsp3) is 0.370. The van der Waals surface area contributed by atoms with E-state index in [0.717, 1.165) is 16.5 Å². The molecular weight excluding hydrogens is 434 g/mol. The molecule has 0 bridgehead atoms. The summed E-state index contributed by atoms with van der Waals surface area (Å²) in [5.74, 6) is -1.11. The largest absolute Gasteiger partial charge is 0.480 e. The van der Waals surface area contributed by atoms with Crippen LogP contribution in [0, 0.1) is 19.8 Å². The topological polar surface area (TPSA) is 106 Å². The number of hydrogen-bond acceptors (Lipinski definition) is 5. The van der Waals surface area contributed by atoms with Gasteiger partial charge in [-0.1, -0.05) is 44.2 Å². The third-order valence-corrected chi connectivity index (χ3v) is 5.87. The van der Waals surface area contributed by atoms with Crippen molar-refractivity contribution in [3.8, 4) is 5.75 Å². The van der Waals surface area contributed by atoms with Crippen molar-refractivity contribution >= 4 is 22.8 Å². The Hall–Kier alpha value is -3.61. The van der Waals surface area contributed by atoms with Crippen LogP contribution in [-0.4, -0.2) is 29.1 Å². The molecule has 3 rings (SSSR count). The highest BCUT2D eigenvalue weighted by atomic mass is 16.5. The summed E-state index contributed by atoms with van der Waals surface area (Å²) in [7, 11) is 0. The standard InChI is InChI=1S/C27H31NO6/c1-15(2)13-22(26(30)31)28-25(29)18(5)33-23-12-11-20-16(3)21(14-19-9-7-6-8-10-19)27(32)34-24(20)17(23)4/h6-12,15,18,22H,13-14H2,1-5H3,(H,28,29)(H,30,31)/t18-,22-/m1/s1. The number of amides is 1. The Kier molecular flexibility index (Phi) is 7.76. The van der Waals surface area contributed by atoms with Gasteiger partial charge in [-0.3, -0.25) is 4.79 Å². The van der Waals surface area contributed by atoms with Crippen molar-refractivity contribution in [2.24, 2.45) is 5.92 Å². The highest BCUT2D eigenvalue weighted by molar-refractivity contribution is 5.87. The van der Waals surface area contributed by atoms with E-state index < -0.39 is 29.6 Å². The van der Waals surface area contributed by atoms with E-state index in [4.69, 9.17) is 9.15 Å². The van der Waals surface area contributed by atoms with Crippen LogP contribution in [-0.2, 0) is 16.0 Å². The lowest BCUT2D eigenvalue weighted by atomic mass is 9.98. The second-order valence-corrected chi connectivity index (χ2v) is 9.01. The van der Waals surface area contributed by atoms with E-state index in [1.165, 1.54) is 0 Å². The molecule has 1 aromatic heterocycles. The molecule has 1 amide bonds. The van der Waals surface area contributed by atoms with Crippen LogP contribution < -0.4 is 15.7 Å². The molecule has 0 unspecified atom stereocenters. The van der Waals surface area contributed by atoms with Crippen LogP contribution in [0.4, 0.5) is 0 Å². The maximum Gasteiger partial charge on any atom is 0.340 e. The molecule has 0 aliphatic carbocycles. The number of aliphatic carboxylic acids is 1. The average Bonchev–Trinajstić information content (AvgIpc) is 2.78. The Bertz CT molecular complexity index is 1250. The molecule has 2 aromatic carbocycles. The molecule has 1 heterocycles. The predicted molar refractivity (Wildman–Crippen MR) is 130 cm³/mol. The Morgan fingerprint density at radius 2 is 1.71 bits per heavy atom. The molecule has 0 fully saturated rings. The van der Waals surface area contributed by atoms with Gasteiger partial charge in [0.05, 0.1) is 0 Å². The van der Waals surface area contributed by atoms with Crippen LogP contribution in [0.25, 0.3) is 11.0 Å². The van der Waals surface area contributed by atoms with Crippen LogP contribution in [0.2, 0.25) is 0 Å². The number of carbonyl (C=O) groups excluding carboxylic acids is 1. The van der Waals surface area contributed by atoms with E-state index >= 15 is 0 Å². The van der Waals surface area contributed by atoms with E-state index in [-0.39, 0.29) is 5.92 Å². The fourth-order valence-electron chi connectivity index (χ4n) is 3.93. The lowest BCUT2D eigenvalue weighted by Crippen LogP contribution is -2.46. The highest BCUT2D eigenvalue weighted by Crippen LogP contribution is 2.30. The number of carbonyl (C=O) groups is 2. The third kappa shape index (κ3) is 5.65. The van der Waals surface area contributed by atoms with Gasteiger partial charge in [-0.2, -0.15) is 0 Å². The normalized spacial score (nSPS) is 13.0. The van der Waals surface area contributed by atoms with E-state index in [0.29, 0.717) is 35.3 Å². The molecule has 2 atom stereocenters. The maximum atomic E-state index is 12.8. The first kappa shape index (κ1) is 25.0. The minimum atomic E-state index is -1.08. The van der Waals surface area contributed by atoms with Crippen molar-refractivity contribution < 1.29 is 23.8 Å². The fourth-order valence-corrected chi connectivity index (χ4v) is 3.93. The second-order valence-electron chi connectivity index (χ2n) is 9.01. The summed E-state index contributed by atoms with van der Waals surface area (Å²) >= 11 is 0. The summed E-state index contributed by atoms with van der Waals surface area (Å²) in [4.78, 5) is 36.8. The average molecular weight is 466 g/mol. The van der Waals surface area contributed by atoms with Crippen LogP contribution in [0.5, 0.6) is 5.75 Å². The number of hydrogen-bond donors (Lipinski definition) is 2. The minimum absolute atomic E-state index is 0.110. The summed E-state index contributed by atoms with van der Waals surface area (Å²) in [6.45, 7) is 9.00. The number of aryl methyl sites for hydroxylation is 2. The first-order valence-corrected chi connectivity index (χ1v) is 11.4. The zero-order chi connectivity index (χ0) is 25.0. The van der Waals surface area contributed by atoms with E-state index in [1.807, 2.05) is 57.2 Å². The Morgan fingerprint density at radius 1 is 1.03 bits per heavy atom. The van der Waals surface area contributed by atoms with Gasteiger partial charge >= 0.3 is 11.6 Å². The molecule has 34 heavy (non-hydrogen) atoms. The molecule has 0 radical (unpaired) electrons. The summed E-state index contributed by atoms with van der Waals surface area (Å²) < 4.78 is 11.5. The Morgan fingerprint density at radius 3 is 2.32 bits per heavy atom. The first-order chi connectivity index (χ1) is 16.1. The molecule has 0 aliphatic heterocycles. The van der Waals surface area contributed by atoms with Crippen molar-refractivity contribution in [2.45, 2.75) is 59.6 Å². The van der Waals surface area contributed by atoms with Crippen LogP contribution in [0.3, 0.4) is 0 Å². The van der Waals surface area contributed by atoms with E-state index in [1.54, 1.807) is 19.9 Å². The molecule has 7 heteroatoms. The molecule has 2 N–H and O–H groups in total. The van der Waals surface area contributed by atoms with E-state index in [2.05, 4.69) is 5.32 Å². The quantitative estimate of drug-likeness (QED) is 0.454. The van der Waals surface area contributed by atoms with Gasteiger partial charge in [0.25, 0.3) is 5.91 Å². The number of carboxylic acids is 1. The van der Waals surface area contributed by atoms with Gasteiger partial charge in [-0.05, 0) is 56.4 Å². The molecule has 0 aliphatic rings. The zero-order valence-corrected chi connectivity index (χ0v) is 20.2. The van der Waals surface area contributed by atoms with Crippen LogP contribution in [0.1, 0.15) is 49.4 Å². The summed E-state index contributed by atoms with van der Waals surface area (Å²) in [6, 6.07) is 12.3. The molecule has 0 saturated carbocycles. The number of nitrogens with one attached hydrogen (secondary N) is 1. The summed E-state index contributed by atoms with van der Waals surface area (Å²) in [5, 5.41) is 12.7. The van der Waals surface area contributed by atoms with E-state index in [9.17, 15) is 19.5 Å². The Labute approximate surface area is 198 Å². The predicted octanol–water partition coefficient (Wildman–Crippen LogP) is 4.38. The smallest absolute Gasteiger partial charge is 0.340 e. The van der Waals surface area contributed by atoms with Gasteiger partial charge in [0.15, 0.2) is 6.10 Å². The maximum absolute atomic E-state index is 12.8. The summed E-state index contributed by atoms with van der Waals surface area (Å²) in [5.41, 5.74) is 3.06. The Balaban J connectivity index is 1.85. The van der Waals surface area contributed by atoms with Crippen molar-refractivity contribution in [3.05, 3.63) is 75.1 Å². The van der Waals surface area contributed by atoms with Gasteiger partial charge in [0, 0.05) is 22.9 Å². The van der Waals surface area contributed by atoms with Crippen LogP contribution in [0.15, 0.2) is 51.7 Å². The van der Waals surface area contributed by atoms with Crippen molar-refractivity contribution in [1.29, 1.82) is 0 Å².